The van der Waals surface area contributed by atoms with Crippen molar-refractivity contribution in [2.75, 3.05) is 0 Å². The van der Waals surface area contributed by atoms with E-state index in [0.717, 1.165) is 0 Å². The second kappa shape index (κ2) is 106. The molecule has 0 aliphatic heterocycles. The minimum atomic E-state index is 0. The SMILES string of the molecule is [C].[Mn+4].[O-2].[O-2]. The van der Waals surface area contributed by atoms with Crippen molar-refractivity contribution in [3.63, 3.8) is 0 Å². The van der Waals surface area contributed by atoms with Gasteiger partial charge in [0.15, 0.2) is 0 Å². The normalized spacial score (nSPS) is 0. The fourth-order valence-corrected chi connectivity index (χ4v) is 0. The molecule has 0 aliphatic carbocycles. The van der Waals surface area contributed by atoms with Gasteiger partial charge in [0, 0.05) is 7.43 Å². The van der Waals surface area contributed by atoms with Crippen LogP contribution >= 0.6 is 0 Å². The molecule has 0 aliphatic rings. The first kappa shape index (κ1) is 272. The molecule has 0 aromatic carbocycles. The van der Waals surface area contributed by atoms with E-state index in [1.165, 1.54) is 0 Å². The molecule has 2 nitrogen and oxygen atoms in total. The third-order valence-electron chi connectivity index (χ3n) is 0. The number of rotatable bonds is 0. The summed E-state index contributed by atoms with van der Waals surface area (Å²) >= 11 is 0. The van der Waals surface area contributed by atoms with Gasteiger partial charge in [-0.1, -0.05) is 0 Å². The van der Waals surface area contributed by atoms with Gasteiger partial charge in [0.2, 0.25) is 0 Å². The fourth-order valence-electron chi connectivity index (χ4n) is 0. The van der Waals surface area contributed by atoms with Gasteiger partial charge in [-0.15, -0.1) is 0 Å². The third-order valence-corrected chi connectivity index (χ3v) is 0. The van der Waals surface area contributed by atoms with Crippen LogP contribution in [0.1, 0.15) is 0 Å². The minimum absolute atomic E-state index is 0. The van der Waals surface area contributed by atoms with Gasteiger partial charge in [0.25, 0.3) is 0 Å². The molecule has 0 saturated carbocycles. The van der Waals surface area contributed by atoms with E-state index in [1.54, 1.807) is 0 Å². The smallest absolute Gasteiger partial charge is 2.00 e. The summed E-state index contributed by atoms with van der Waals surface area (Å²) in [6.07, 6.45) is 0. The molecule has 0 aromatic rings. The summed E-state index contributed by atoms with van der Waals surface area (Å²) in [6.45, 7) is 0. The molecule has 5 radical (unpaired) electrons. The van der Waals surface area contributed by atoms with Crippen molar-refractivity contribution in [2.45, 2.75) is 0 Å². The van der Waals surface area contributed by atoms with E-state index >= 15 is 0 Å². The van der Waals surface area contributed by atoms with Crippen molar-refractivity contribution in [2.24, 2.45) is 0 Å². The molecule has 0 bridgehead atoms. The Labute approximate surface area is 36.3 Å². The fraction of sp³-hybridized carbons (Fsp3) is 0. The summed E-state index contributed by atoms with van der Waals surface area (Å²) in [7, 11) is 0. The molecule has 0 rings (SSSR count). The van der Waals surface area contributed by atoms with Gasteiger partial charge in [-0.05, 0) is 0 Å². The van der Waals surface area contributed by atoms with Gasteiger partial charge in [-0.2, -0.15) is 0 Å². The van der Waals surface area contributed by atoms with Crippen LogP contribution in [0.25, 0.3) is 0 Å². The van der Waals surface area contributed by atoms with Crippen molar-refractivity contribution < 1.29 is 28.0 Å². The Bertz CT molecular complexity index is 6.00. The van der Waals surface area contributed by atoms with E-state index < -0.39 is 0 Å². The maximum Gasteiger partial charge on any atom is 4.00 e. The van der Waals surface area contributed by atoms with Crippen LogP contribution in [0.3, 0.4) is 0 Å². The van der Waals surface area contributed by atoms with Crippen LogP contribution < -0.4 is 0 Å². The van der Waals surface area contributed by atoms with Crippen molar-refractivity contribution in [1.29, 1.82) is 0 Å². The molecule has 0 spiro atoms. The quantitative estimate of drug-likeness (QED) is 0.379. The van der Waals surface area contributed by atoms with Crippen LogP contribution in [0.15, 0.2) is 0 Å². The zero-order chi connectivity index (χ0) is 0. The molecule has 3 heteroatoms. The molecular formula is CMnO2. The molecular weight excluding hydrogens is 98.9 g/mol. The molecule has 0 atom stereocenters. The molecule has 0 heterocycles. The first-order valence-electron chi connectivity index (χ1n) is 0. The van der Waals surface area contributed by atoms with Gasteiger partial charge in [-0.25, -0.2) is 0 Å². The van der Waals surface area contributed by atoms with E-state index in [4.69, 9.17) is 0 Å². The summed E-state index contributed by atoms with van der Waals surface area (Å²) in [4.78, 5) is 0. The summed E-state index contributed by atoms with van der Waals surface area (Å²) in [5.74, 6) is 0. The summed E-state index contributed by atoms with van der Waals surface area (Å²) in [6, 6.07) is 0. The Kier molecular flexibility index (Phi) is 7200. The molecule has 0 amide bonds. The Morgan fingerprint density at radius 2 is 0.750 bits per heavy atom. The van der Waals surface area contributed by atoms with Crippen LogP contribution in [0.4, 0.5) is 0 Å². The molecule has 4 heavy (non-hydrogen) atoms. The molecule has 23 valence electrons. The molecule has 0 unspecified atom stereocenters. The number of hydrogen-bond acceptors (Lipinski definition) is 0. The van der Waals surface area contributed by atoms with Crippen LogP contribution in [-0.2, 0) is 28.0 Å². The van der Waals surface area contributed by atoms with Gasteiger partial charge < -0.3 is 11.0 Å². The van der Waals surface area contributed by atoms with E-state index in [9.17, 15) is 0 Å². The second-order valence-electron chi connectivity index (χ2n) is 0. The Hall–Kier alpha value is 0.439. The van der Waals surface area contributed by atoms with Crippen LogP contribution in [-0.4, -0.2) is 0 Å². The average Bonchev–Trinajstić information content (AvgIpc) is 0. The maximum atomic E-state index is 0. The maximum absolute atomic E-state index is 0. The largest absolute Gasteiger partial charge is 4.00 e. The van der Waals surface area contributed by atoms with Gasteiger partial charge in [0.05, 0.1) is 0 Å². The molecule has 0 fully saturated rings. The predicted octanol–water partition coefficient (Wildman–Crippen LogP) is -0.159. The van der Waals surface area contributed by atoms with Crippen molar-refractivity contribution in [3.8, 4) is 0 Å². The standard InChI is InChI=1S/C.Mn.2O/q;+4;2*-2. The van der Waals surface area contributed by atoms with Gasteiger partial charge >= 0.3 is 17.1 Å². The zero-order valence-corrected chi connectivity index (χ0v) is 2.87. The van der Waals surface area contributed by atoms with E-state index in [0.29, 0.717) is 0 Å². The van der Waals surface area contributed by atoms with Crippen molar-refractivity contribution in [3.05, 3.63) is 7.43 Å². The van der Waals surface area contributed by atoms with Gasteiger partial charge in [-0.3, -0.25) is 0 Å². The summed E-state index contributed by atoms with van der Waals surface area (Å²) in [5, 5.41) is 0. The Balaban J connectivity index is 0. The zero-order valence-electron chi connectivity index (χ0n) is 1.69. The molecule has 0 saturated heterocycles. The van der Waals surface area contributed by atoms with E-state index in [2.05, 4.69) is 0 Å². The van der Waals surface area contributed by atoms with Gasteiger partial charge in [0.1, 0.15) is 0 Å². The summed E-state index contributed by atoms with van der Waals surface area (Å²) in [5.41, 5.74) is 0. The molecule has 0 N–H and O–H groups in total. The van der Waals surface area contributed by atoms with Crippen LogP contribution in [0, 0.1) is 7.43 Å². The topological polar surface area (TPSA) is 57.0 Å². The summed E-state index contributed by atoms with van der Waals surface area (Å²) < 4.78 is 0. The van der Waals surface area contributed by atoms with Crippen LogP contribution in [0.5, 0.6) is 0 Å². The monoisotopic (exact) mass is 98.9 g/mol. The average molecular weight is 98.9 g/mol. The first-order chi connectivity index (χ1) is 0. The predicted molar refractivity (Wildman–Crippen MR) is 4.62 cm³/mol. The van der Waals surface area contributed by atoms with E-state index in [-0.39, 0.29) is 35.4 Å². The van der Waals surface area contributed by atoms with Crippen molar-refractivity contribution >= 4 is 0 Å². The Morgan fingerprint density at radius 1 is 0.750 bits per heavy atom. The second-order valence-corrected chi connectivity index (χ2v) is 0. The first-order valence-corrected chi connectivity index (χ1v) is 0. The van der Waals surface area contributed by atoms with E-state index in [1.807, 2.05) is 0 Å². The molecule has 0 aromatic heterocycles. The minimum Gasteiger partial charge on any atom is -2.00 e. The third kappa shape index (κ3) is 26.2. The van der Waals surface area contributed by atoms with Crippen molar-refractivity contribution in [1.82, 2.24) is 0 Å². The Morgan fingerprint density at radius 3 is 0.750 bits per heavy atom. The van der Waals surface area contributed by atoms with Crippen LogP contribution in [0.2, 0.25) is 0 Å². The number of hydrogen-bond donors (Lipinski definition) is 0.